The lowest BCUT2D eigenvalue weighted by Crippen LogP contribution is -2.32. The number of nitrogens with zero attached hydrogens (tertiary/aromatic N) is 1. The first-order valence-electron chi connectivity index (χ1n) is 8.46. The lowest BCUT2D eigenvalue weighted by molar-refractivity contribution is 0.297. The second-order valence-electron chi connectivity index (χ2n) is 5.40. The summed E-state index contributed by atoms with van der Waals surface area (Å²) in [7, 11) is -3.19. The van der Waals surface area contributed by atoms with Crippen LogP contribution in [0.2, 0.25) is 0 Å². The highest BCUT2D eigenvalue weighted by Gasteiger charge is 2.11. The van der Waals surface area contributed by atoms with E-state index in [-0.39, 0.29) is 12.3 Å². The van der Waals surface area contributed by atoms with Crippen LogP contribution < -0.4 is 24.8 Å². The summed E-state index contributed by atoms with van der Waals surface area (Å²) in [5, 5.41) is 6.31. The topological polar surface area (TPSA) is 101 Å². The number of benzene rings is 1. The Hall–Kier alpha value is -2.00. The predicted octanol–water partition coefficient (Wildman–Crippen LogP) is 1.16. The van der Waals surface area contributed by atoms with Gasteiger partial charge in [0.15, 0.2) is 17.5 Å². The molecule has 0 saturated carbocycles. The molecule has 25 heavy (non-hydrogen) atoms. The second-order valence-corrected chi connectivity index (χ2v) is 7.49. The zero-order valence-electron chi connectivity index (χ0n) is 14.7. The number of hydrogen-bond acceptors (Lipinski definition) is 5. The lowest BCUT2D eigenvalue weighted by Gasteiger charge is -2.13. The fraction of sp³-hybridized carbons (Fsp3) is 0.562. The summed E-state index contributed by atoms with van der Waals surface area (Å²) in [6.45, 7) is 6.12. The van der Waals surface area contributed by atoms with Gasteiger partial charge in [0, 0.05) is 31.3 Å². The average molecular weight is 370 g/mol. The van der Waals surface area contributed by atoms with Crippen molar-refractivity contribution in [1.82, 2.24) is 10.0 Å². The minimum Gasteiger partial charge on any atom is -0.490 e. The van der Waals surface area contributed by atoms with Crippen LogP contribution in [0.15, 0.2) is 23.2 Å². The van der Waals surface area contributed by atoms with E-state index in [9.17, 15) is 8.42 Å². The van der Waals surface area contributed by atoms with E-state index in [1.54, 1.807) is 6.92 Å². The number of hydrogen-bond donors (Lipinski definition) is 3. The molecule has 0 amide bonds. The molecular weight excluding hydrogens is 344 g/mol. The second kappa shape index (κ2) is 9.47. The van der Waals surface area contributed by atoms with Crippen LogP contribution in [0.4, 0.5) is 5.69 Å². The van der Waals surface area contributed by atoms with Gasteiger partial charge in [0.2, 0.25) is 10.0 Å². The van der Waals surface area contributed by atoms with Crippen LogP contribution in [-0.2, 0) is 10.0 Å². The third kappa shape index (κ3) is 6.43. The Morgan fingerprint density at radius 2 is 1.96 bits per heavy atom. The highest BCUT2D eigenvalue weighted by molar-refractivity contribution is 7.89. The molecule has 0 spiro atoms. The molecule has 1 aliphatic heterocycles. The Morgan fingerprint density at radius 3 is 2.68 bits per heavy atom. The largest absolute Gasteiger partial charge is 0.490 e. The van der Waals surface area contributed by atoms with Crippen molar-refractivity contribution in [3.05, 3.63) is 18.2 Å². The summed E-state index contributed by atoms with van der Waals surface area (Å²) < 4.78 is 36.6. The summed E-state index contributed by atoms with van der Waals surface area (Å²) in [5.74, 6) is 2.08. The molecular formula is C16H26N4O4S. The van der Waals surface area contributed by atoms with Crippen molar-refractivity contribution in [1.29, 1.82) is 0 Å². The van der Waals surface area contributed by atoms with Crippen molar-refractivity contribution in [3.8, 4) is 11.5 Å². The van der Waals surface area contributed by atoms with Crippen LogP contribution in [-0.4, -0.2) is 53.0 Å². The minimum absolute atomic E-state index is 0.0617. The smallest absolute Gasteiger partial charge is 0.211 e. The number of sulfonamides is 1. The zero-order chi connectivity index (χ0) is 18.1. The predicted molar refractivity (Wildman–Crippen MR) is 99.1 cm³/mol. The molecule has 0 atom stereocenters. The van der Waals surface area contributed by atoms with Gasteiger partial charge in [-0.05, 0) is 26.0 Å². The molecule has 8 nitrogen and oxygen atoms in total. The van der Waals surface area contributed by atoms with Gasteiger partial charge in [0.1, 0.15) is 0 Å². The van der Waals surface area contributed by atoms with Gasteiger partial charge < -0.3 is 20.1 Å². The SMILES string of the molecule is CCNC(=NCCNS(=O)(=O)CC)Nc1ccc2c(c1)OCCCO2. The third-order valence-corrected chi connectivity index (χ3v) is 4.84. The Balaban J connectivity index is 1.98. The Kier molecular flexibility index (Phi) is 7.32. The number of anilines is 1. The molecule has 140 valence electrons. The molecule has 1 aliphatic rings. The molecule has 0 saturated heterocycles. The van der Waals surface area contributed by atoms with E-state index in [4.69, 9.17) is 9.47 Å². The van der Waals surface area contributed by atoms with Crippen LogP contribution in [0.3, 0.4) is 0 Å². The van der Waals surface area contributed by atoms with Gasteiger partial charge >= 0.3 is 0 Å². The Labute approximate surface area is 149 Å². The van der Waals surface area contributed by atoms with Crippen molar-refractivity contribution in [3.63, 3.8) is 0 Å². The molecule has 1 heterocycles. The van der Waals surface area contributed by atoms with Gasteiger partial charge in [-0.25, -0.2) is 13.1 Å². The maximum atomic E-state index is 11.4. The third-order valence-electron chi connectivity index (χ3n) is 3.44. The first kappa shape index (κ1) is 19.3. The maximum absolute atomic E-state index is 11.4. The first-order chi connectivity index (χ1) is 12.0. The summed E-state index contributed by atoms with van der Waals surface area (Å²) in [6, 6.07) is 5.62. The van der Waals surface area contributed by atoms with E-state index in [2.05, 4.69) is 20.3 Å². The van der Waals surface area contributed by atoms with Crippen LogP contribution in [0.5, 0.6) is 11.5 Å². The molecule has 2 rings (SSSR count). The summed E-state index contributed by atoms with van der Waals surface area (Å²) >= 11 is 0. The quantitative estimate of drug-likeness (QED) is 0.378. The molecule has 0 aliphatic carbocycles. The normalized spacial score (nSPS) is 14.7. The Bertz CT molecular complexity index is 691. The average Bonchev–Trinajstić information content (AvgIpc) is 2.84. The number of ether oxygens (including phenoxy) is 2. The highest BCUT2D eigenvalue weighted by atomic mass is 32.2. The molecule has 3 N–H and O–H groups in total. The van der Waals surface area contributed by atoms with Crippen LogP contribution in [0.25, 0.3) is 0 Å². The van der Waals surface area contributed by atoms with Gasteiger partial charge in [-0.1, -0.05) is 0 Å². The van der Waals surface area contributed by atoms with Crippen LogP contribution in [0, 0.1) is 0 Å². The lowest BCUT2D eigenvalue weighted by atomic mass is 10.3. The van der Waals surface area contributed by atoms with Crippen molar-refractivity contribution in [2.45, 2.75) is 20.3 Å². The monoisotopic (exact) mass is 370 g/mol. The van der Waals surface area contributed by atoms with Crippen LogP contribution >= 0.6 is 0 Å². The summed E-state index contributed by atoms with van der Waals surface area (Å²) in [5.41, 5.74) is 0.818. The highest BCUT2D eigenvalue weighted by Crippen LogP contribution is 2.32. The van der Waals surface area contributed by atoms with Crippen molar-refractivity contribution < 1.29 is 17.9 Å². The van der Waals surface area contributed by atoms with Gasteiger partial charge in [-0.2, -0.15) is 0 Å². The molecule has 0 aromatic heterocycles. The van der Waals surface area contributed by atoms with Crippen LogP contribution in [0.1, 0.15) is 20.3 Å². The van der Waals surface area contributed by atoms with Gasteiger partial charge in [-0.3, -0.25) is 4.99 Å². The number of rotatable bonds is 7. The van der Waals surface area contributed by atoms with Crippen molar-refractivity contribution in [2.75, 3.05) is 43.9 Å². The zero-order valence-corrected chi connectivity index (χ0v) is 15.5. The van der Waals surface area contributed by atoms with Gasteiger partial charge in [0.05, 0.1) is 25.5 Å². The molecule has 0 bridgehead atoms. The fourth-order valence-electron chi connectivity index (χ4n) is 2.16. The Morgan fingerprint density at radius 1 is 1.20 bits per heavy atom. The minimum atomic E-state index is -3.19. The first-order valence-corrected chi connectivity index (χ1v) is 10.1. The molecule has 0 fully saturated rings. The van der Waals surface area contributed by atoms with E-state index in [0.717, 1.165) is 17.9 Å². The van der Waals surface area contributed by atoms with E-state index in [0.29, 0.717) is 38.0 Å². The van der Waals surface area contributed by atoms with Gasteiger partial charge in [-0.15, -0.1) is 0 Å². The molecule has 0 unspecified atom stereocenters. The van der Waals surface area contributed by atoms with E-state index in [1.807, 2.05) is 25.1 Å². The number of nitrogens with one attached hydrogen (secondary N) is 3. The van der Waals surface area contributed by atoms with E-state index >= 15 is 0 Å². The fourth-order valence-corrected chi connectivity index (χ4v) is 2.76. The molecule has 1 aromatic carbocycles. The van der Waals surface area contributed by atoms with Crippen molar-refractivity contribution in [2.24, 2.45) is 4.99 Å². The molecule has 1 aromatic rings. The summed E-state index contributed by atoms with van der Waals surface area (Å²) in [6.07, 6.45) is 0.856. The van der Waals surface area contributed by atoms with E-state index < -0.39 is 10.0 Å². The standard InChI is InChI=1S/C16H26N4O4S/c1-3-17-16(18-8-9-19-25(21,22)4-2)20-13-6-7-14-15(12-13)24-11-5-10-23-14/h6-7,12,19H,3-5,8-11H2,1-2H3,(H2,17,18,20). The number of fused-ring (bicyclic) bond motifs is 1. The molecule has 0 radical (unpaired) electrons. The maximum Gasteiger partial charge on any atom is 0.211 e. The number of aliphatic imine (C=N–C) groups is 1. The van der Waals surface area contributed by atoms with Gasteiger partial charge in [0.25, 0.3) is 0 Å². The van der Waals surface area contributed by atoms with E-state index in [1.165, 1.54) is 0 Å². The molecule has 9 heteroatoms. The van der Waals surface area contributed by atoms with Crippen molar-refractivity contribution >= 4 is 21.7 Å². The number of guanidine groups is 1. The summed E-state index contributed by atoms with van der Waals surface area (Å²) in [4.78, 5) is 4.37.